The van der Waals surface area contributed by atoms with Crippen LogP contribution < -0.4 is 5.32 Å². The van der Waals surface area contributed by atoms with E-state index < -0.39 is 23.9 Å². The topological polar surface area (TPSA) is 134 Å². The molecule has 1 atom stereocenters. The van der Waals surface area contributed by atoms with Gasteiger partial charge in [-0.3, -0.25) is 9.59 Å². The molecular formula is C10H14N4O5. The predicted molar refractivity (Wildman–Crippen MR) is 61.1 cm³/mol. The predicted octanol–water partition coefficient (Wildman–Crippen LogP) is -0.669. The van der Waals surface area contributed by atoms with Crippen LogP contribution in [0.2, 0.25) is 0 Å². The minimum atomic E-state index is -1.24. The summed E-state index contributed by atoms with van der Waals surface area (Å²) in [5, 5.41) is 20.4. The zero-order valence-corrected chi connectivity index (χ0v) is 10.3. The highest BCUT2D eigenvalue weighted by Crippen LogP contribution is 2.01. The van der Waals surface area contributed by atoms with Crippen LogP contribution in [0, 0.1) is 0 Å². The lowest BCUT2D eigenvalue weighted by molar-refractivity contribution is -0.144. The van der Waals surface area contributed by atoms with Crippen LogP contribution in [0.5, 0.6) is 0 Å². The number of carbonyl (C=O) groups excluding carboxylic acids is 2. The first-order valence-corrected chi connectivity index (χ1v) is 5.59. The number of rotatable bonds is 7. The largest absolute Gasteiger partial charge is 0.480 e. The molecular weight excluding hydrogens is 256 g/mol. The SMILES string of the molecule is CCOC(=O)CC[C@H](NC(=O)c1cn[nH]n1)C(=O)O. The Morgan fingerprint density at radius 2 is 2.26 bits per heavy atom. The molecule has 9 heteroatoms. The molecule has 1 aromatic heterocycles. The van der Waals surface area contributed by atoms with E-state index in [4.69, 9.17) is 5.11 Å². The number of aromatic nitrogens is 3. The molecule has 0 radical (unpaired) electrons. The fraction of sp³-hybridized carbons (Fsp3) is 0.500. The molecule has 0 fully saturated rings. The zero-order valence-electron chi connectivity index (χ0n) is 10.3. The maximum Gasteiger partial charge on any atom is 0.326 e. The lowest BCUT2D eigenvalue weighted by atomic mass is 10.1. The average molecular weight is 270 g/mol. The summed E-state index contributed by atoms with van der Waals surface area (Å²) in [6, 6.07) is -1.19. The number of nitrogens with zero attached hydrogens (tertiary/aromatic N) is 2. The van der Waals surface area contributed by atoms with Crippen molar-refractivity contribution >= 4 is 17.8 Å². The van der Waals surface area contributed by atoms with Gasteiger partial charge in [-0.05, 0) is 13.3 Å². The second kappa shape index (κ2) is 7.09. The molecule has 0 saturated carbocycles. The molecule has 19 heavy (non-hydrogen) atoms. The third-order valence-electron chi connectivity index (χ3n) is 2.19. The first-order valence-electron chi connectivity index (χ1n) is 5.59. The molecule has 3 N–H and O–H groups in total. The molecule has 0 aliphatic rings. The maximum atomic E-state index is 11.6. The van der Waals surface area contributed by atoms with Gasteiger partial charge in [-0.1, -0.05) is 0 Å². The zero-order chi connectivity index (χ0) is 14.3. The number of ether oxygens (including phenoxy) is 1. The van der Waals surface area contributed by atoms with E-state index in [0.717, 1.165) is 0 Å². The number of hydrogen-bond acceptors (Lipinski definition) is 6. The Kier molecular flexibility index (Phi) is 5.45. The van der Waals surface area contributed by atoms with Gasteiger partial charge in [-0.15, -0.1) is 0 Å². The van der Waals surface area contributed by atoms with Crippen LogP contribution in [0.15, 0.2) is 6.20 Å². The van der Waals surface area contributed by atoms with Crippen molar-refractivity contribution in [3.05, 3.63) is 11.9 Å². The Morgan fingerprint density at radius 3 is 2.79 bits per heavy atom. The molecule has 0 aromatic carbocycles. The number of amides is 1. The summed E-state index contributed by atoms with van der Waals surface area (Å²) in [7, 11) is 0. The van der Waals surface area contributed by atoms with Gasteiger partial charge in [-0.2, -0.15) is 15.4 Å². The van der Waals surface area contributed by atoms with Gasteiger partial charge >= 0.3 is 11.9 Å². The van der Waals surface area contributed by atoms with Crippen LogP contribution in [0.3, 0.4) is 0 Å². The summed E-state index contributed by atoms with van der Waals surface area (Å²) in [4.78, 5) is 33.7. The number of H-pyrrole nitrogens is 1. The van der Waals surface area contributed by atoms with E-state index in [1.54, 1.807) is 6.92 Å². The lowest BCUT2D eigenvalue weighted by Crippen LogP contribution is -2.41. The normalized spacial score (nSPS) is 11.6. The van der Waals surface area contributed by atoms with Crippen molar-refractivity contribution in [1.82, 2.24) is 20.7 Å². The minimum Gasteiger partial charge on any atom is -0.480 e. The highest BCUT2D eigenvalue weighted by molar-refractivity contribution is 5.94. The number of nitrogens with one attached hydrogen (secondary N) is 2. The standard InChI is InChI=1S/C10H14N4O5/c1-2-19-8(15)4-3-6(10(17)18)12-9(16)7-5-11-14-13-7/h5-6H,2-4H2,1H3,(H,12,16)(H,17,18)(H,11,13,14)/t6-/m0/s1. The van der Waals surface area contributed by atoms with Gasteiger partial charge in [-0.25, -0.2) is 4.79 Å². The van der Waals surface area contributed by atoms with Crippen molar-refractivity contribution in [3.63, 3.8) is 0 Å². The minimum absolute atomic E-state index is 0.0256. The van der Waals surface area contributed by atoms with Gasteiger partial charge in [0.05, 0.1) is 12.8 Å². The van der Waals surface area contributed by atoms with Crippen LogP contribution >= 0.6 is 0 Å². The van der Waals surface area contributed by atoms with Crippen LogP contribution in [-0.4, -0.2) is 51.0 Å². The maximum absolute atomic E-state index is 11.6. The number of aromatic amines is 1. The second-order valence-corrected chi connectivity index (χ2v) is 3.56. The Balaban J connectivity index is 2.51. The second-order valence-electron chi connectivity index (χ2n) is 3.56. The highest BCUT2D eigenvalue weighted by atomic mass is 16.5. The van der Waals surface area contributed by atoms with Crippen molar-refractivity contribution < 1.29 is 24.2 Å². The molecule has 0 saturated heterocycles. The Morgan fingerprint density at radius 1 is 1.53 bits per heavy atom. The molecule has 104 valence electrons. The van der Waals surface area contributed by atoms with Gasteiger partial charge < -0.3 is 15.2 Å². The molecule has 1 aromatic rings. The van der Waals surface area contributed by atoms with Gasteiger partial charge in [0.2, 0.25) is 0 Å². The van der Waals surface area contributed by atoms with Crippen LogP contribution in [0.25, 0.3) is 0 Å². The van der Waals surface area contributed by atoms with Crippen LogP contribution in [0.1, 0.15) is 30.3 Å². The number of carboxylic acids is 1. The van der Waals surface area contributed by atoms with E-state index in [1.807, 2.05) is 0 Å². The van der Waals surface area contributed by atoms with Crippen LogP contribution in [-0.2, 0) is 14.3 Å². The molecule has 1 heterocycles. The Bertz CT molecular complexity index is 445. The van der Waals surface area contributed by atoms with Gasteiger partial charge in [0, 0.05) is 6.42 Å². The first kappa shape index (κ1) is 14.6. The molecule has 0 aliphatic carbocycles. The summed E-state index contributed by atoms with van der Waals surface area (Å²) in [6.07, 6.45) is 1.02. The van der Waals surface area contributed by atoms with Crippen molar-refractivity contribution in [1.29, 1.82) is 0 Å². The van der Waals surface area contributed by atoms with Crippen molar-refractivity contribution in [2.45, 2.75) is 25.8 Å². The number of esters is 1. The molecule has 1 amide bonds. The number of hydrogen-bond donors (Lipinski definition) is 3. The van der Waals surface area contributed by atoms with E-state index in [1.165, 1.54) is 6.20 Å². The lowest BCUT2D eigenvalue weighted by Gasteiger charge is -2.12. The number of aliphatic carboxylic acids is 1. The average Bonchev–Trinajstić information content (AvgIpc) is 2.88. The molecule has 0 spiro atoms. The Hall–Kier alpha value is -2.45. The first-order chi connectivity index (χ1) is 9.04. The fourth-order valence-electron chi connectivity index (χ4n) is 1.30. The smallest absolute Gasteiger partial charge is 0.326 e. The van der Waals surface area contributed by atoms with E-state index in [9.17, 15) is 14.4 Å². The van der Waals surface area contributed by atoms with E-state index in [2.05, 4.69) is 25.5 Å². The highest BCUT2D eigenvalue weighted by Gasteiger charge is 2.22. The summed E-state index contributed by atoms with van der Waals surface area (Å²) in [5.74, 6) is -2.42. The van der Waals surface area contributed by atoms with Gasteiger partial charge in [0.25, 0.3) is 5.91 Å². The molecule has 1 rings (SSSR count). The third kappa shape index (κ3) is 4.74. The summed E-state index contributed by atoms with van der Waals surface area (Å²) in [6.45, 7) is 1.88. The molecule has 0 bridgehead atoms. The summed E-state index contributed by atoms with van der Waals surface area (Å²) >= 11 is 0. The molecule has 0 unspecified atom stereocenters. The Labute approximate surface area is 108 Å². The number of carboxylic acid groups (broad SMARTS) is 1. The van der Waals surface area contributed by atoms with Gasteiger partial charge in [0.15, 0.2) is 5.69 Å². The molecule has 9 nitrogen and oxygen atoms in total. The summed E-state index contributed by atoms with van der Waals surface area (Å²) in [5.41, 5.74) is -0.0256. The third-order valence-corrected chi connectivity index (χ3v) is 2.19. The van der Waals surface area contributed by atoms with E-state index >= 15 is 0 Å². The monoisotopic (exact) mass is 270 g/mol. The van der Waals surface area contributed by atoms with Crippen molar-refractivity contribution in [2.75, 3.05) is 6.61 Å². The summed E-state index contributed by atoms with van der Waals surface area (Å²) < 4.78 is 4.68. The quantitative estimate of drug-likeness (QED) is 0.559. The fourth-order valence-corrected chi connectivity index (χ4v) is 1.30. The van der Waals surface area contributed by atoms with Crippen molar-refractivity contribution in [2.24, 2.45) is 0 Å². The van der Waals surface area contributed by atoms with E-state index in [0.29, 0.717) is 0 Å². The molecule has 0 aliphatic heterocycles. The van der Waals surface area contributed by atoms with Gasteiger partial charge in [0.1, 0.15) is 6.04 Å². The van der Waals surface area contributed by atoms with Crippen molar-refractivity contribution in [3.8, 4) is 0 Å². The van der Waals surface area contributed by atoms with E-state index in [-0.39, 0.29) is 25.1 Å². The number of carbonyl (C=O) groups is 3. The van der Waals surface area contributed by atoms with Crippen LogP contribution in [0.4, 0.5) is 0 Å².